The van der Waals surface area contributed by atoms with Crippen LogP contribution >= 0.6 is 0 Å². The third-order valence-corrected chi connectivity index (χ3v) is 2.88. The van der Waals surface area contributed by atoms with Gasteiger partial charge in [-0.25, -0.2) is 4.98 Å². The second-order valence-electron chi connectivity index (χ2n) is 4.28. The molecule has 16 heavy (non-hydrogen) atoms. The molecule has 5 nitrogen and oxygen atoms in total. The number of anilines is 1. The highest BCUT2D eigenvalue weighted by Gasteiger charge is 2.22. The van der Waals surface area contributed by atoms with Gasteiger partial charge in [-0.2, -0.15) is 0 Å². The average Bonchev–Trinajstić information content (AvgIpc) is 2.70. The predicted octanol–water partition coefficient (Wildman–Crippen LogP) is 0.527. The normalized spacial score (nSPS) is 21.4. The molecule has 0 radical (unpaired) electrons. The Morgan fingerprint density at radius 1 is 1.50 bits per heavy atom. The van der Waals surface area contributed by atoms with Crippen molar-refractivity contribution in [2.75, 3.05) is 32.5 Å². The summed E-state index contributed by atoms with van der Waals surface area (Å²) in [5.41, 5.74) is 6.47. The molecule has 0 aromatic carbocycles. The number of hydrogen-bond donors (Lipinski definition) is 1. The monoisotopic (exact) mass is 222 g/mol. The fraction of sp³-hybridized carbons (Fsp3) is 0.636. The molecule has 0 aliphatic carbocycles. The predicted molar refractivity (Wildman–Crippen MR) is 61.7 cm³/mol. The van der Waals surface area contributed by atoms with Crippen LogP contribution < -0.4 is 5.73 Å². The molecule has 1 unspecified atom stereocenters. The van der Waals surface area contributed by atoms with Crippen LogP contribution in [-0.4, -0.2) is 41.7 Å². The van der Waals surface area contributed by atoms with E-state index in [-0.39, 0.29) is 0 Å². The third kappa shape index (κ3) is 2.90. The van der Waals surface area contributed by atoms with Crippen molar-refractivity contribution in [1.29, 1.82) is 0 Å². The van der Waals surface area contributed by atoms with E-state index < -0.39 is 0 Å². The number of methoxy groups -OCH3 is 1. The Morgan fingerprint density at radius 3 is 3.06 bits per heavy atom. The number of nitrogens with two attached hydrogens (primary N) is 1. The van der Waals surface area contributed by atoms with E-state index in [4.69, 9.17) is 10.5 Å². The van der Waals surface area contributed by atoms with Crippen molar-refractivity contribution < 1.29 is 4.74 Å². The molecule has 2 rings (SSSR count). The molecule has 0 spiro atoms. The van der Waals surface area contributed by atoms with Gasteiger partial charge in [-0.15, -0.1) is 0 Å². The Labute approximate surface area is 95.6 Å². The van der Waals surface area contributed by atoms with Gasteiger partial charge in [-0.05, 0) is 18.9 Å². The maximum absolute atomic E-state index is 5.49. The zero-order chi connectivity index (χ0) is 11.4. The van der Waals surface area contributed by atoms with Crippen LogP contribution in [0.2, 0.25) is 0 Å². The van der Waals surface area contributed by atoms with Gasteiger partial charge in [0.2, 0.25) is 0 Å². The van der Waals surface area contributed by atoms with E-state index in [9.17, 15) is 0 Å². The van der Waals surface area contributed by atoms with E-state index in [0.717, 1.165) is 31.9 Å². The lowest BCUT2D eigenvalue weighted by Gasteiger charge is -2.14. The molecule has 1 atom stereocenters. The van der Waals surface area contributed by atoms with E-state index in [1.165, 1.54) is 6.42 Å². The van der Waals surface area contributed by atoms with Gasteiger partial charge in [0.05, 0.1) is 24.7 Å². The first-order valence-electron chi connectivity index (χ1n) is 5.55. The average molecular weight is 222 g/mol. The van der Waals surface area contributed by atoms with E-state index in [0.29, 0.717) is 11.7 Å². The Bertz CT molecular complexity index is 327. The summed E-state index contributed by atoms with van der Waals surface area (Å²) in [5, 5.41) is 0. The van der Waals surface area contributed by atoms with Crippen LogP contribution in [0.4, 0.5) is 5.82 Å². The Morgan fingerprint density at radius 2 is 2.38 bits per heavy atom. The minimum absolute atomic E-state index is 0.474. The van der Waals surface area contributed by atoms with E-state index in [2.05, 4.69) is 14.9 Å². The summed E-state index contributed by atoms with van der Waals surface area (Å²) < 4.78 is 5.17. The zero-order valence-corrected chi connectivity index (χ0v) is 9.59. The molecule has 5 heteroatoms. The van der Waals surface area contributed by atoms with Crippen molar-refractivity contribution in [3.63, 3.8) is 0 Å². The fourth-order valence-corrected chi connectivity index (χ4v) is 2.10. The topological polar surface area (TPSA) is 64.3 Å². The van der Waals surface area contributed by atoms with Crippen LogP contribution in [0.25, 0.3) is 0 Å². The van der Waals surface area contributed by atoms with Crippen LogP contribution in [-0.2, 0) is 11.3 Å². The number of likely N-dealkylation sites (tertiary alicyclic amines) is 1. The molecule has 0 amide bonds. The van der Waals surface area contributed by atoms with Gasteiger partial charge in [0, 0.05) is 20.2 Å². The number of aromatic nitrogens is 2. The van der Waals surface area contributed by atoms with Gasteiger partial charge in [-0.1, -0.05) is 0 Å². The summed E-state index contributed by atoms with van der Waals surface area (Å²) in [6.07, 6.45) is 4.56. The molecule has 1 aromatic rings. The van der Waals surface area contributed by atoms with Crippen LogP contribution in [0, 0.1) is 5.92 Å². The number of nitrogens with zero attached hydrogens (tertiary/aromatic N) is 3. The lowest BCUT2D eigenvalue weighted by molar-refractivity contribution is 0.152. The summed E-state index contributed by atoms with van der Waals surface area (Å²) in [7, 11) is 1.76. The fourth-order valence-electron chi connectivity index (χ4n) is 2.10. The summed E-state index contributed by atoms with van der Waals surface area (Å²) in [4.78, 5) is 10.7. The molecule has 1 aliphatic heterocycles. The van der Waals surface area contributed by atoms with Gasteiger partial charge in [0.25, 0.3) is 0 Å². The highest BCUT2D eigenvalue weighted by atomic mass is 16.5. The summed E-state index contributed by atoms with van der Waals surface area (Å²) in [6.45, 7) is 3.90. The number of hydrogen-bond acceptors (Lipinski definition) is 5. The van der Waals surface area contributed by atoms with Crippen LogP contribution in [0.1, 0.15) is 12.1 Å². The second-order valence-corrected chi connectivity index (χ2v) is 4.28. The SMILES string of the molecule is COCC1CCN(Cc2cnc(N)cn2)C1. The maximum Gasteiger partial charge on any atom is 0.141 e. The standard InChI is InChI=1S/C11H18N4O/c1-16-8-9-2-3-15(6-9)7-10-4-14-11(12)5-13-10/h4-5,9H,2-3,6-8H2,1H3,(H2,12,14). The molecular weight excluding hydrogens is 204 g/mol. The Balaban J connectivity index is 1.84. The van der Waals surface area contributed by atoms with E-state index >= 15 is 0 Å². The van der Waals surface area contributed by atoms with E-state index in [1.54, 1.807) is 19.5 Å². The maximum atomic E-state index is 5.49. The van der Waals surface area contributed by atoms with Gasteiger partial charge < -0.3 is 10.5 Å². The largest absolute Gasteiger partial charge is 0.384 e. The van der Waals surface area contributed by atoms with Crippen molar-refractivity contribution in [3.05, 3.63) is 18.1 Å². The molecule has 1 fully saturated rings. The first kappa shape index (κ1) is 11.3. The minimum atomic E-state index is 0.474. The number of nitrogen functional groups attached to an aromatic ring is 1. The highest BCUT2D eigenvalue weighted by molar-refractivity contribution is 5.22. The molecule has 1 aliphatic rings. The summed E-state index contributed by atoms with van der Waals surface area (Å²) in [5.74, 6) is 1.13. The highest BCUT2D eigenvalue weighted by Crippen LogP contribution is 2.17. The van der Waals surface area contributed by atoms with Crippen molar-refractivity contribution in [1.82, 2.24) is 14.9 Å². The Hall–Kier alpha value is -1.20. The molecule has 88 valence electrons. The molecule has 2 heterocycles. The molecule has 0 bridgehead atoms. The van der Waals surface area contributed by atoms with Crippen molar-refractivity contribution >= 4 is 5.82 Å². The second kappa shape index (κ2) is 5.23. The van der Waals surface area contributed by atoms with Gasteiger partial charge in [0.15, 0.2) is 0 Å². The van der Waals surface area contributed by atoms with Crippen molar-refractivity contribution in [3.8, 4) is 0 Å². The quantitative estimate of drug-likeness (QED) is 0.805. The van der Waals surface area contributed by atoms with Gasteiger partial charge >= 0.3 is 0 Å². The molecule has 1 saturated heterocycles. The molecule has 2 N–H and O–H groups in total. The Kier molecular flexibility index (Phi) is 3.69. The molecule has 0 saturated carbocycles. The number of rotatable bonds is 4. The van der Waals surface area contributed by atoms with E-state index in [1.807, 2.05) is 0 Å². The first-order valence-corrected chi connectivity index (χ1v) is 5.55. The lowest BCUT2D eigenvalue weighted by Crippen LogP contribution is -2.22. The minimum Gasteiger partial charge on any atom is -0.384 e. The van der Waals surface area contributed by atoms with Crippen LogP contribution in [0.5, 0.6) is 0 Å². The number of ether oxygens (including phenoxy) is 1. The van der Waals surface area contributed by atoms with Gasteiger partial charge in [-0.3, -0.25) is 9.88 Å². The molecule has 1 aromatic heterocycles. The summed E-state index contributed by atoms with van der Waals surface area (Å²) >= 11 is 0. The lowest BCUT2D eigenvalue weighted by atomic mass is 10.1. The first-order chi connectivity index (χ1) is 7.78. The summed E-state index contributed by atoms with van der Waals surface area (Å²) in [6, 6.07) is 0. The van der Waals surface area contributed by atoms with Crippen LogP contribution in [0.3, 0.4) is 0 Å². The zero-order valence-electron chi connectivity index (χ0n) is 9.59. The smallest absolute Gasteiger partial charge is 0.141 e. The van der Waals surface area contributed by atoms with Crippen LogP contribution in [0.15, 0.2) is 12.4 Å². The van der Waals surface area contributed by atoms with Crippen molar-refractivity contribution in [2.24, 2.45) is 5.92 Å². The molecular formula is C11H18N4O. The van der Waals surface area contributed by atoms with Crippen molar-refractivity contribution in [2.45, 2.75) is 13.0 Å². The third-order valence-electron chi connectivity index (χ3n) is 2.88. The van der Waals surface area contributed by atoms with Gasteiger partial charge in [0.1, 0.15) is 5.82 Å².